The molecule has 2 heterocycles. The first-order valence-electron chi connectivity index (χ1n) is 6.27. The SMILES string of the molecule is CNCC1CCN(CC(=O)Nc2cc(C)on2)C1. The lowest BCUT2D eigenvalue weighted by Crippen LogP contribution is -2.32. The highest BCUT2D eigenvalue weighted by molar-refractivity contribution is 5.91. The molecule has 6 heteroatoms. The fourth-order valence-electron chi connectivity index (χ4n) is 2.32. The van der Waals surface area contributed by atoms with Gasteiger partial charge < -0.3 is 15.2 Å². The molecule has 2 N–H and O–H groups in total. The van der Waals surface area contributed by atoms with Crippen LogP contribution in [0.2, 0.25) is 0 Å². The summed E-state index contributed by atoms with van der Waals surface area (Å²) in [5.41, 5.74) is 0. The number of aromatic nitrogens is 1. The van der Waals surface area contributed by atoms with Crippen LogP contribution in [0.3, 0.4) is 0 Å². The summed E-state index contributed by atoms with van der Waals surface area (Å²) < 4.78 is 4.90. The maximum absolute atomic E-state index is 11.8. The summed E-state index contributed by atoms with van der Waals surface area (Å²) in [7, 11) is 1.96. The molecule has 0 spiro atoms. The van der Waals surface area contributed by atoms with E-state index in [4.69, 9.17) is 4.52 Å². The van der Waals surface area contributed by atoms with Gasteiger partial charge in [0.15, 0.2) is 5.82 Å². The van der Waals surface area contributed by atoms with Gasteiger partial charge in [-0.25, -0.2) is 0 Å². The maximum Gasteiger partial charge on any atom is 0.239 e. The van der Waals surface area contributed by atoms with Gasteiger partial charge >= 0.3 is 0 Å². The molecule has 6 nitrogen and oxygen atoms in total. The average Bonchev–Trinajstić information content (AvgIpc) is 2.89. The highest BCUT2D eigenvalue weighted by Crippen LogP contribution is 2.15. The Morgan fingerprint density at radius 2 is 2.50 bits per heavy atom. The van der Waals surface area contributed by atoms with Gasteiger partial charge in [0, 0.05) is 12.6 Å². The van der Waals surface area contributed by atoms with Crippen molar-refractivity contribution in [3.05, 3.63) is 11.8 Å². The van der Waals surface area contributed by atoms with Crippen molar-refractivity contribution in [3.63, 3.8) is 0 Å². The van der Waals surface area contributed by atoms with Crippen molar-refractivity contribution in [1.82, 2.24) is 15.4 Å². The van der Waals surface area contributed by atoms with Gasteiger partial charge in [-0.15, -0.1) is 0 Å². The topological polar surface area (TPSA) is 70.4 Å². The van der Waals surface area contributed by atoms with Crippen molar-refractivity contribution >= 4 is 11.7 Å². The van der Waals surface area contributed by atoms with Crippen LogP contribution in [0.1, 0.15) is 12.2 Å². The van der Waals surface area contributed by atoms with Crippen molar-refractivity contribution in [2.24, 2.45) is 5.92 Å². The van der Waals surface area contributed by atoms with Gasteiger partial charge in [-0.2, -0.15) is 0 Å². The molecule has 1 atom stereocenters. The van der Waals surface area contributed by atoms with Crippen molar-refractivity contribution in [2.75, 3.05) is 38.5 Å². The van der Waals surface area contributed by atoms with Crippen LogP contribution in [0, 0.1) is 12.8 Å². The van der Waals surface area contributed by atoms with E-state index in [9.17, 15) is 4.79 Å². The highest BCUT2D eigenvalue weighted by Gasteiger charge is 2.23. The van der Waals surface area contributed by atoms with Gasteiger partial charge in [0.05, 0.1) is 6.54 Å². The summed E-state index contributed by atoms with van der Waals surface area (Å²) in [5.74, 6) is 1.80. The number of rotatable bonds is 5. The zero-order valence-electron chi connectivity index (χ0n) is 10.9. The van der Waals surface area contributed by atoms with Crippen LogP contribution in [-0.2, 0) is 4.79 Å². The molecule has 1 fully saturated rings. The summed E-state index contributed by atoms with van der Waals surface area (Å²) >= 11 is 0. The zero-order valence-corrected chi connectivity index (χ0v) is 10.9. The Bertz CT molecular complexity index is 405. The second kappa shape index (κ2) is 5.97. The lowest BCUT2D eigenvalue weighted by molar-refractivity contribution is -0.117. The molecule has 0 radical (unpaired) electrons. The summed E-state index contributed by atoms with van der Waals surface area (Å²) in [4.78, 5) is 14.0. The molecule has 2 rings (SSSR count). The first-order valence-corrected chi connectivity index (χ1v) is 6.27. The van der Waals surface area contributed by atoms with Gasteiger partial charge in [-0.05, 0) is 39.4 Å². The zero-order chi connectivity index (χ0) is 13.0. The summed E-state index contributed by atoms with van der Waals surface area (Å²) in [6, 6.07) is 1.71. The average molecular weight is 252 g/mol. The second-order valence-electron chi connectivity index (χ2n) is 4.82. The van der Waals surface area contributed by atoms with E-state index in [2.05, 4.69) is 20.7 Å². The predicted octanol–water partition coefficient (Wildman–Crippen LogP) is 0.463. The number of likely N-dealkylation sites (tertiary alicyclic amines) is 1. The Morgan fingerprint density at radius 3 is 3.17 bits per heavy atom. The van der Waals surface area contributed by atoms with E-state index < -0.39 is 0 Å². The van der Waals surface area contributed by atoms with Crippen LogP contribution in [0.25, 0.3) is 0 Å². The van der Waals surface area contributed by atoms with Gasteiger partial charge in [-0.3, -0.25) is 9.69 Å². The molecule has 0 aromatic carbocycles. The largest absolute Gasteiger partial charge is 0.360 e. The molecule has 1 saturated heterocycles. The summed E-state index contributed by atoms with van der Waals surface area (Å²) in [6.07, 6.45) is 1.15. The first kappa shape index (κ1) is 13.0. The van der Waals surface area contributed by atoms with Crippen LogP contribution >= 0.6 is 0 Å². The monoisotopic (exact) mass is 252 g/mol. The number of amides is 1. The van der Waals surface area contributed by atoms with Crippen LogP contribution in [0.15, 0.2) is 10.6 Å². The summed E-state index contributed by atoms with van der Waals surface area (Å²) in [6.45, 7) is 5.20. The number of anilines is 1. The fraction of sp³-hybridized carbons (Fsp3) is 0.667. The number of carbonyl (C=O) groups excluding carboxylic acids is 1. The number of nitrogens with zero attached hydrogens (tertiary/aromatic N) is 2. The standard InChI is InChI=1S/C12H20N4O2/c1-9-5-11(15-18-9)14-12(17)8-16-4-3-10(7-16)6-13-2/h5,10,13H,3-4,6-8H2,1-2H3,(H,14,15,17). The van der Waals surface area contributed by atoms with Crippen molar-refractivity contribution in [3.8, 4) is 0 Å². The van der Waals surface area contributed by atoms with Gasteiger partial charge in [0.25, 0.3) is 0 Å². The molecule has 0 saturated carbocycles. The van der Waals surface area contributed by atoms with Crippen LogP contribution in [0.4, 0.5) is 5.82 Å². The molecule has 1 aliphatic heterocycles. The molecule has 1 amide bonds. The van der Waals surface area contributed by atoms with Gasteiger partial charge in [0.2, 0.25) is 5.91 Å². The molecule has 1 aliphatic rings. The number of aryl methyl sites for hydroxylation is 1. The minimum atomic E-state index is -0.0339. The summed E-state index contributed by atoms with van der Waals surface area (Å²) in [5, 5.41) is 9.65. The Kier molecular flexibility index (Phi) is 4.33. The highest BCUT2D eigenvalue weighted by atomic mass is 16.5. The van der Waals surface area contributed by atoms with Crippen molar-refractivity contribution < 1.29 is 9.32 Å². The van der Waals surface area contributed by atoms with Crippen molar-refractivity contribution in [1.29, 1.82) is 0 Å². The Morgan fingerprint density at radius 1 is 1.67 bits per heavy atom. The Balaban J connectivity index is 1.75. The van der Waals surface area contributed by atoms with Crippen LogP contribution < -0.4 is 10.6 Å². The Labute approximate surface area is 107 Å². The van der Waals surface area contributed by atoms with E-state index in [-0.39, 0.29) is 5.91 Å². The van der Waals surface area contributed by atoms with Crippen molar-refractivity contribution in [2.45, 2.75) is 13.3 Å². The third-order valence-corrected chi connectivity index (χ3v) is 3.13. The lowest BCUT2D eigenvalue weighted by atomic mass is 10.1. The van der Waals surface area contributed by atoms with Gasteiger partial charge in [0.1, 0.15) is 5.76 Å². The van der Waals surface area contributed by atoms with E-state index in [1.54, 1.807) is 13.0 Å². The molecule has 1 aromatic heterocycles. The second-order valence-corrected chi connectivity index (χ2v) is 4.82. The molecular weight excluding hydrogens is 232 g/mol. The number of hydrogen-bond acceptors (Lipinski definition) is 5. The number of hydrogen-bond donors (Lipinski definition) is 2. The fourth-order valence-corrected chi connectivity index (χ4v) is 2.32. The molecule has 18 heavy (non-hydrogen) atoms. The predicted molar refractivity (Wildman–Crippen MR) is 68.3 cm³/mol. The third-order valence-electron chi connectivity index (χ3n) is 3.13. The van der Waals surface area contributed by atoms with Crippen LogP contribution in [0.5, 0.6) is 0 Å². The molecule has 0 aliphatic carbocycles. The smallest absolute Gasteiger partial charge is 0.239 e. The maximum atomic E-state index is 11.8. The minimum absolute atomic E-state index is 0.0339. The quantitative estimate of drug-likeness (QED) is 0.797. The van der Waals surface area contributed by atoms with Gasteiger partial charge in [-0.1, -0.05) is 5.16 Å². The molecule has 100 valence electrons. The first-order chi connectivity index (χ1) is 8.67. The minimum Gasteiger partial charge on any atom is -0.360 e. The molecular formula is C12H20N4O2. The molecule has 1 unspecified atom stereocenters. The third kappa shape index (κ3) is 3.54. The number of carbonyl (C=O) groups is 1. The van der Waals surface area contributed by atoms with E-state index in [1.165, 1.54) is 0 Å². The number of nitrogens with one attached hydrogen (secondary N) is 2. The van der Waals surface area contributed by atoms with Crippen LogP contribution in [-0.4, -0.2) is 49.2 Å². The van der Waals surface area contributed by atoms with E-state index in [0.717, 1.165) is 26.1 Å². The lowest BCUT2D eigenvalue weighted by Gasteiger charge is -2.14. The van der Waals surface area contributed by atoms with E-state index in [1.807, 2.05) is 7.05 Å². The van der Waals surface area contributed by atoms with E-state index >= 15 is 0 Å². The molecule has 0 bridgehead atoms. The molecule has 1 aromatic rings. The van der Waals surface area contributed by atoms with E-state index in [0.29, 0.717) is 24.0 Å². The normalized spacial score (nSPS) is 20.2. The Hall–Kier alpha value is -1.40.